The highest BCUT2D eigenvalue weighted by atomic mass is 32.1. The first kappa shape index (κ1) is 21.1. The van der Waals surface area contributed by atoms with Crippen LogP contribution in [0.2, 0.25) is 0 Å². The van der Waals surface area contributed by atoms with Crippen LogP contribution in [0.4, 0.5) is 4.79 Å². The van der Waals surface area contributed by atoms with E-state index in [4.69, 9.17) is 10.5 Å². The van der Waals surface area contributed by atoms with Gasteiger partial charge in [-0.3, -0.25) is 4.90 Å². The molecule has 0 aromatic carbocycles. The Morgan fingerprint density at radius 3 is 2.23 bits per heavy atom. The van der Waals surface area contributed by atoms with Crippen molar-refractivity contribution in [2.24, 2.45) is 5.73 Å². The van der Waals surface area contributed by atoms with Gasteiger partial charge < -0.3 is 15.2 Å². The van der Waals surface area contributed by atoms with Crippen molar-refractivity contribution in [1.82, 2.24) is 4.90 Å². The van der Waals surface area contributed by atoms with Crippen molar-refractivity contribution in [1.29, 1.82) is 0 Å². The molecule has 0 aliphatic rings. The first-order valence-electron chi connectivity index (χ1n) is 6.80. The lowest BCUT2D eigenvalue weighted by Crippen LogP contribution is -2.43. The number of ether oxygens (including phenoxy) is 2. The number of carbonyl (C=O) groups excluding carboxylic acids is 3. The standard InChI is InChI=1S/C13H24N2O5S2/c1-13(2,3)20-12(18)15(5-7-22)8-10(16)19-11(17)9(14)4-6-21/h9,21-22H,4-8,14H2,1-3H3/t9-/m1/s1. The fourth-order valence-electron chi connectivity index (χ4n) is 1.32. The van der Waals surface area contributed by atoms with Crippen LogP contribution in [0.3, 0.4) is 0 Å². The Balaban J connectivity index is 4.58. The van der Waals surface area contributed by atoms with Gasteiger partial charge in [-0.2, -0.15) is 25.3 Å². The topological polar surface area (TPSA) is 98.9 Å². The number of nitrogens with two attached hydrogens (primary N) is 1. The molecule has 0 aliphatic heterocycles. The van der Waals surface area contributed by atoms with Crippen molar-refractivity contribution in [2.45, 2.75) is 38.8 Å². The largest absolute Gasteiger partial charge is 0.444 e. The third kappa shape index (κ3) is 9.16. The van der Waals surface area contributed by atoms with Crippen LogP contribution < -0.4 is 5.73 Å². The van der Waals surface area contributed by atoms with E-state index in [2.05, 4.69) is 30.0 Å². The monoisotopic (exact) mass is 352 g/mol. The van der Waals surface area contributed by atoms with Crippen molar-refractivity contribution in [3.8, 4) is 0 Å². The number of esters is 2. The molecule has 0 fully saturated rings. The molecule has 0 unspecified atom stereocenters. The predicted molar refractivity (Wildman–Crippen MR) is 89.2 cm³/mol. The summed E-state index contributed by atoms with van der Waals surface area (Å²) >= 11 is 7.97. The predicted octanol–water partition coefficient (Wildman–Crippen LogP) is 0.870. The summed E-state index contributed by atoms with van der Waals surface area (Å²) in [6, 6.07) is -0.915. The van der Waals surface area contributed by atoms with E-state index in [-0.39, 0.29) is 6.54 Å². The van der Waals surface area contributed by atoms with Crippen LogP contribution in [0.5, 0.6) is 0 Å². The Kier molecular flexibility index (Phi) is 9.54. The minimum absolute atomic E-state index is 0.185. The quantitative estimate of drug-likeness (QED) is 0.357. The van der Waals surface area contributed by atoms with E-state index < -0.39 is 36.2 Å². The number of nitrogens with zero attached hydrogens (tertiary/aromatic N) is 1. The van der Waals surface area contributed by atoms with Gasteiger partial charge >= 0.3 is 18.0 Å². The molecule has 0 heterocycles. The second kappa shape index (κ2) is 9.96. The number of hydrogen-bond donors (Lipinski definition) is 3. The molecule has 9 heteroatoms. The maximum Gasteiger partial charge on any atom is 0.410 e. The second-order valence-electron chi connectivity index (χ2n) is 5.54. The first-order chi connectivity index (χ1) is 10.1. The number of rotatable bonds is 7. The minimum atomic E-state index is -0.915. The molecule has 0 aromatic heterocycles. The van der Waals surface area contributed by atoms with Crippen LogP contribution in [0.1, 0.15) is 27.2 Å². The fourth-order valence-corrected chi connectivity index (χ4v) is 1.83. The molecule has 0 rings (SSSR count). The summed E-state index contributed by atoms with van der Waals surface area (Å²) in [5, 5.41) is 0. The van der Waals surface area contributed by atoms with E-state index in [9.17, 15) is 14.4 Å². The van der Waals surface area contributed by atoms with Gasteiger partial charge in [-0.25, -0.2) is 14.4 Å². The SMILES string of the molecule is CC(C)(C)OC(=O)N(CCS)CC(=O)OC(=O)[C@H](N)CCS. The summed E-state index contributed by atoms with van der Waals surface area (Å²) in [6.07, 6.45) is -0.382. The average Bonchev–Trinajstić information content (AvgIpc) is 2.36. The number of amides is 1. The molecule has 0 radical (unpaired) electrons. The Morgan fingerprint density at radius 2 is 1.77 bits per heavy atom. The summed E-state index contributed by atoms with van der Waals surface area (Å²) in [7, 11) is 0. The summed E-state index contributed by atoms with van der Waals surface area (Å²) < 4.78 is 9.78. The van der Waals surface area contributed by atoms with E-state index in [1.54, 1.807) is 20.8 Å². The van der Waals surface area contributed by atoms with Crippen molar-refractivity contribution in [2.75, 3.05) is 24.6 Å². The van der Waals surface area contributed by atoms with E-state index >= 15 is 0 Å². The van der Waals surface area contributed by atoms with Gasteiger partial charge in [0.05, 0.1) is 0 Å². The van der Waals surface area contributed by atoms with Crippen molar-refractivity contribution in [3.63, 3.8) is 0 Å². The molecule has 0 aliphatic carbocycles. The molecule has 1 atom stereocenters. The third-order valence-electron chi connectivity index (χ3n) is 2.30. The smallest absolute Gasteiger partial charge is 0.410 e. The number of hydrogen-bond acceptors (Lipinski definition) is 8. The summed E-state index contributed by atoms with van der Waals surface area (Å²) in [6.45, 7) is 4.91. The molecule has 0 saturated carbocycles. The molecule has 2 N–H and O–H groups in total. The minimum Gasteiger partial charge on any atom is -0.444 e. The maximum absolute atomic E-state index is 11.9. The van der Waals surface area contributed by atoms with Crippen molar-refractivity contribution in [3.05, 3.63) is 0 Å². The van der Waals surface area contributed by atoms with Gasteiger partial charge in [0.1, 0.15) is 18.2 Å². The summed E-state index contributed by atoms with van der Waals surface area (Å²) in [4.78, 5) is 36.3. The highest BCUT2D eigenvalue weighted by Crippen LogP contribution is 2.10. The van der Waals surface area contributed by atoms with Gasteiger partial charge in [0, 0.05) is 12.3 Å². The van der Waals surface area contributed by atoms with Gasteiger partial charge in [-0.15, -0.1) is 0 Å². The van der Waals surface area contributed by atoms with Crippen LogP contribution in [0, 0.1) is 0 Å². The van der Waals surface area contributed by atoms with Crippen molar-refractivity contribution >= 4 is 43.3 Å². The lowest BCUT2D eigenvalue weighted by Gasteiger charge is -2.26. The molecule has 7 nitrogen and oxygen atoms in total. The molecular weight excluding hydrogens is 328 g/mol. The molecule has 1 amide bonds. The van der Waals surface area contributed by atoms with Gasteiger partial charge in [0.2, 0.25) is 0 Å². The lowest BCUT2D eigenvalue weighted by molar-refractivity contribution is -0.161. The van der Waals surface area contributed by atoms with Gasteiger partial charge in [0.25, 0.3) is 0 Å². The lowest BCUT2D eigenvalue weighted by atomic mass is 10.2. The molecular formula is C13H24N2O5S2. The average molecular weight is 352 g/mol. The molecule has 22 heavy (non-hydrogen) atoms. The summed E-state index contributed by atoms with van der Waals surface area (Å²) in [5.41, 5.74) is 4.82. The first-order valence-corrected chi connectivity index (χ1v) is 8.07. The van der Waals surface area contributed by atoms with Gasteiger partial charge in [-0.05, 0) is 32.9 Å². The van der Waals surface area contributed by atoms with Crippen LogP contribution >= 0.6 is 25.3 Å². The molecule has 0 saturated heterocycles. The molecule has 0 aromatic rings. The Hall–Kier alpha value is -0.930. The van der Waals surface area contributed by atoms with Crippen LogP contribution in [-0.2, 0) is 19.1 Å². The zero-order chi connectivity index (χ0) is 17.3. The number of thiol groups is 2. The zero-order valence-electron chi connectivity index (χ0n) is 13.1. The Labute approximate surface area is 141 Å². The van der Waals surface area contributed by atoms with E-state index in [0.29, 0.717) is 17.9 Å². The van der Waals surface area contributed by atoms with Crippen LogP contribution in [-0.4, -0.2) is 59.2 Å². The third-order valence-corrected chi connectivity index (χ3v) is 2.76. The van der Waals surface area contributed by atoms with Crippen molar-refractivity contribution < 1.29 is 23.9 Å². The van der Waals surface area contributed by atoms with E-state index in [0.717, 1.165) is 4.90 Å². The highest BCUT2D eigenvalue weighted by molar-refractivity contribution is 7.80. The van der Waals surface area contributed by atoms with Gasteiger partial charge in [-0.1, -0.05) is 0 Å². The molecule has 0 bridgehead atoms. The highest BCUT2D eigenvalue weighted by Gasteiger charge is 2.26. The Bertz CT molecular complexity index is 398. The summed E-state index contributed by atoms with van der Waals surface area (Å²) in [5.74, 6) is -0.977. The second-order valence-corrected chi connectivity index (χ2v) is 6.43. The normalized spacial score (nSPS) is 12.5. The van der Waals surface area contributed by atoms with E-state index in [1.807, 2.05) is 0 Å². The van der Waals surface area contributed by atoms with Gasteiger partial charge in [0.15, 0.2) is 0 Å². The Morgan fingerprint density at radius 1 is 1.18 bits per heavy atom. The fraction of sp³-hybridized carbons (Fsp3) is 0.769. The number of carbonyl (C=O) groups is 3. The zero-order valence-corrected chi connectivity index (χ0v) is 14.9. The van der Waals surface area contributed by atoms with Crippen LogP contribution in [0.15, 0.2) is 0 Å². The van der Waals surface area contributed by atoms with Crippen LogP contribution in [0.25, 0.3) is 0 Å². The maximum atomic E-state index is 11.9. The molecule has 128 valence electrons. The molecule has 0 spiro atoms. The van der Waals surface area contributed by atoms with E-state index in [1.165, 1.54) is 0 Å².